The number of hydrogen-bond acceptors (Lipinski definition) is 16. The van der Waals surface area contributed by atoms with Gasteiger partial charge < -0.3 is 63.8 Å². The van der Waals surface area contributed by atoms with Gasteiger partial charge in [0.15, 0.2) is 0 Å². The maximum Gasteiger partial charge on any atom is 0.246 e. The molecule has 2 rings (SSSR count). The number of nitrogens with zero attached hydrogens (tertiary/aromatic N) is 2. The van der Waals surface area contributed by atoms with Crippen LogP contribution >= 0.6 is 45.1 Å². The monoisotopic (exact) mass is 1060 g/mol. The molecule has 8 atom stereocenters. The van der Waals surface area contributed by atoms with Gasteiger partial charge in [-0.1, -0.05) is 49.3 Å². The zero-order valence-electron chi connectivity index (χ0n) is 40.8. The van der Waals surface area contributed by atoms with Gasteiger partial charge in [0.1, 0.15) is 48.3 Å². The molecule has 2 fully saturated rings. The smallest absolute Gasteiger partial charge is 0.246 e. The molecular weight excluding hydrogens is 993 g/mol. The lowest BCUT2D eigenvalue weighted by atomic mass is 10.0. The molecule has 0 radical (unpaired) electrons. The molecule has 0 saturated carbocycles. The average Bonchev–Trinajstić information content (AvgIpc) is 3.97. The Balaban J connectivity index is 2.12. The van der Waals surface area contributed by atoms with E-state index in [-0.39, 0.29) is 72.5 Å². The van der Waals surface area contributed by atoms with Crippen molar-refractivity contribution in [3.63, 3.8) is 0 Å². The van der Waals surface area contributed by atoms with Crippen LogP contribution in [0.4, 0.5) is 0 Å². The molecule has 12 amide bonds. The predicted octanol–water partition coefficient (Wildman–Crippen LogP) is -2.77. The van der Waals surface area contributed by atoms with Crippen LogP contribution in [0.5, 0.6) is 0 Å². The maximum atomic E-state index is 14.0. The average molecular weight is 1060 g/mol. The number of hydrogen-bond donors (Lipinski definition) is 10. The number of carbonyl (C=O) groups excluding carboxylic acids is 12. The summed E-state index contributed by atoms with van der Waals surface area (Å²) in [6, 6.07) is -8.65. The molecule has 70 heavy (non-hydrogen) atoms. The SMILES string of the molecule is CC(=O)NCSC[C@H](NC(=O)[C@H](NC(=O)[C@@H]1CCCN1C(=O)[C@H](CSSC[C@H](NC(C)=O)C(=O)N1CCC[C@H]1C(=O)N[C@@H](C(=O)N[C@@H](CSCNC(C)=O)C(N)=O)C(C)C)NC(C)=O)C(C)C)C(N)=O. The summed E-state index contributed by atoms with van der Waals surface area (Å²) in [4.78, 5) is 156. The lowest BCUT2D eigenvalue weighted by Gasteiger charge is -2.31. The first-order valence-corrected chi connectivity index (χ1v) is 27.5. The topological polar surface area (TPSA) is 360 Å². The van der Waals surface area contributed by atoms with Crippen LogP contribution in [0.2, 0.25) is 0 Å². The highest BCUT2D eigenvalue weighted by Crippen LogP contribution is 2.27. The Labute approximate surface area is 424 Å². The molecular formula is C42H70N12O12S4. The molecule has 0 bridgehead atoms. The van der Waals surface area contributed by atoms with E-state index in [1.54, 1.807) is 27.7 Å². The Bertz CT molecular complexity index is 1780. The molecule has 0 spiro atoms. The second-order valence-corrected chi connectivity index (χ2v) is 22.0. The van der Waals surface area contributed by atoms with Crippen LogP contribution in [-0.4, -0.2) is 177 Å². The van der Waals surface area contributed by atoms with E-state index < -0.39 is 119 Å². The van der Waals surface area contributed by atoms with Crippen LogP contribution in [0.3, 0.4) is 0 Å². The fraction of sp³-hybridized carbons (Fsp3) is 0.714. The normalized spacial score (nSPS) is 18.0. The highest BCUT2D eigenvalue weighted by Gasteiger charge is 2.41. The van der Waals surface area contributed by atoms with E-state index in [2.05, 4.69) is 42.5 Å². The largest absolute Gasteiger partial charge is 0.368 e. The summed E-state index contributed by atoms with van der Waals surface area (Å²) in [5.74, 6) is -7.35. The van der Waals surface area contributed by atoms with Gasteiger partial charge in [-0.25, -0.2) is 0 Å². The zero-order valence-corrected chi connectivity index (χ0v) is 44.1. The second kappa shape index (κ2) is 30.7. The molecule has 2 saturated heterocycles. The summed E-state index contributed by atoms with van der Waals surface area (Å²) < 4.78 is 0. The fourth-order valence-electron chi connectivity index (χ4n) is 7.22. The first-order valence-electron chi connectivity index (χ1n) is 22.7. The van der Waals surface area contributed by atoms with Crippen LogP contribution in [0.25, 0.3) is 0 Å². The van der Waals surface area contributed by atoms with E-state index >= 15 is 0 Å². The molecule has 2 aliphatic heterocycles. The molecule has 394 valence electrons. The predicted molar refractivity (Wildman–Crippen MR) is 268 cm³/mol. The number of carbonyl (C=O) groups is 12. The van der Waals surface area contributed by atoms with Crippen LogP contribution in [0.15, 0.2) is 0 Å². The fourth-order valence-corrected chi connectivity index (χ4v) is 11.3. The summed E-state index contributed by atoms with van der Waals surface area (Å²) >= 11 is 2.33. The quantitative estimate of drug-likeness (QED) is 0.0206. The van der Waals surface area contributed by atoms with E-state index in [1.807, 2.05) is 0 Å². The minimum absolute atomic E-state index is 0.0155. The van der Waals surface area contributed by atoms with Crippen molar-refractivity contribution >= 4 is 116 Å². The van der Waals surface area contributed by atoms with Gasteiger partial charge in [0, 0.05) is 63.8 Å². The van der Waals surface area contributed by atoms with Crippen LogP contribution in [0, 0.1) is 11.8 Å². The van der Waals surface area contributed by atoms with Gasteiger partial charge in [0.25, 0.3) is 0 Å². The lowest BCUT2D eigenvalue weighted by molar-refractivity contribution is -0.141. The van der Waals surface area contributed by atoms with Crippen molar-refractivity contribution in [2.24, 2.45) is 23.3 Å². The summed E-state index contributed by atoms with van der Waals surface area (Å²) in [6.45, 7) is 12.3. The Hall–Kier alpha value is -4.96. The zero-order chi connectivity index (χ0) is 52.8. The van der Waals surface area contributed by atoms with E-state index in [1.165, 1.54) is 37.5 Å². The van der Waals surface area contributed by atoms with E-state index in [9.17, 15) is 57.5 Å². The Morgan fingerprint density at radius 2 is 0.829 bits per heavy atom. The third-order valence-corrected chi connectivity index (χ3v) is 15.1. The second-order valence-electron chi connectivity index (χ2n) is 17.3. The van der Waals surface area contributed by atoms with E-state index in [0.717, 1.165) is 45.1 Å². The summed E-state index contributed by atoms with van der Waals surface area (Å²) in [6.07, 6.45) is 1.43. The Kier molecular flexibility index (Phi) is 26.8. The number of rotatable bonds is 29. The van der Waals surface area contributed by atoms with Gasteiger partial charge in [-0.15, -0.1) is 23.5 Å². The summed E-state index contributed by atoms with van der Waals surface area (Å²) in [5.41, 5.74) is 11.0. The van der Waals surface area contributed by atoms with Crippen molar-refractivity contribution in [3.05, 3.63) is 0 Å². The third kappa shape index (κ3) is 20.8. The van der Waals surface area contributed by atoms with E-state index in [0.29, 0.717) is 12.8 Å². The summed E-state index contributed by atoms with van der Waals surface area (Å²) in [7, 11) is 2.26. The van der Waals surface area contributed by atoms with Crippen LogP contribution in [0.1, 0.15) is 81.1 Å². The number of primary amides is 2. The Morgan fingerprint density at radius 3 is 1.11 bits per heavy atom. The number of thioether (sulfide) groups is 2. The third-order valence-electron chi connectivity index (χ3n) is 10.8. The maximum absolute atomic E-state index is 14.0. The van der Waals surface area contributed by atoms with Crippen molar-refractivity contribution in [2.75, 3.05) is 47.9 Å². The highest BCUT2D eigenvalue weighted by atomic mass is 33.1. The molecule has 0 aliphatic carbocycles. The van der Waals surface area contributed by atoms with Gasteiger partial charge in [-0.2, -0.15) is 0 Å². The molecule has 12 N–H and O–H groups in total. The van der Waals surface area contributed by atoms with Gasteiger partial charge in [-0.05, 0) is 37.5 Å². The first-order chi connectivity index (χ1) is 32.8. The van der Waals surface area contributed by atoms with Crippen molar-refractivity contribution in [3.8, 4) is 0 Å². The molecule has 24 nitrogen and oxygen atoms in total. The molecule has 2 aliphatic rings. The van der Waals surface area contributed by atoms with E-state index in [4.69, 9.17) is 11.5 Å². The van der Waals surface area contributed by atoms with Crippen LogP contribution < -0.4 is 54.0 Å². The first kappa shape index (κ1) is 61.2. The minimum Gasteiger partial charge on any atom is -0.368 e. The van der Waals surface area contributed by atoms with Crippen molar-refractivity contribution in [1.82, 2.24) is 52.3 Å². The molecule has 2 heterocycles. The molecule has 0 unspecified atom stereocenters. The standard InChI is InChI=1S/C42H70N12O12S4/c1-21(2)33(39(63)49-27(35(43)59)15-67-19-45-23(5)55)51-37(61)31-11-9-13-53(31)41(65)29(47-25(7)57)17-69-70-18-30(48-26(8)58)42(66)54-14-10-12-32(54)38(62)52-34(22(3)4)40(64)50-28(36(44)60)16-68-20-46-24(6)56/h21-22,27-34H,9-20H2,1-8H3,(H2,43,59)(H2,44,60)(H,45,55)(H,46,56)(H,47,57)(H,48,58)(H,49,63)(H,50,64)(H,51,61)(H,52,62)/t27-,28-,29-,30-,31-,32-,33+,34+/m0/s1. The number of nitrogens with two attached hydrogens (primary N) is 2. The van der Waals surface area contributed by atoms with Gasteiger partial charge in [0.05, 0.1) is 11.8 Å². The van der Waals surface area contributed by atoms with Crippen molar-refractivity contribution < 1.29 is 57.5 Å². The van der Waals surface area contributed by atoms with Gasteiger partial charge in [0.2, 0.25) is 70.9 Å². The number of likely N-dealkylation sites (tertiary alicyclic amines) is 2. The minimum atomic E-state index is -1.12. The molecule has 0 aromatic rings. The lowest BCUT2D eigenvalue weighted by Crippen LogP contribution is -2.59. The molecule has 0 aromatic heterocycles. The van der Waals surface area contributed by atoms with Crippen LogP contribution in [-0.2, 0) is 57.5 Å². The van der Waals surface area contributed by atoms with Gasteiger partial charge in [-0.3, -0.25) is 57.5 Å². The van der Waals surface area contributed by atoms with Crippen molar-refractivity contribution in [2.45, 2.75) is 129 Å². The summed E-state index contributed by atoms with van der Waals surface area (Å²) in [5, 5.41) is 21.0. The highest BCUT2D eigenvalue weighted by molar-refractivity contribution is 8.76. The molecule has 28 heteroatoms. The number of nitrogens with one attached hydrogen (secondary N) is 8. The van der Waals surface area contributed by atoms with Gasteiger partial charge >= 0.3 is 0 Å². The van der Waals surface area contributed by atoms with Crippen molar-refractivity contribution in [1.29, 1.82) is 0 Å². The number of amides is 12. The molecule has 0 aromatic carbocycles. The Morgan fingerprint density at radius 1 is 0.486 bits per heavy atom.